The quantitative estimate of drug-likeness (QED) is 0.848. The summed E-state index contributed by atoms with van der Waals surface area (Å²) in [5.41, 5.74) is 12.6. The fraction of sp³-hybridized carbons (Fsp3) is 0.133. The zero-order valence-electron chi connectivity index (χ0n) is 11.4. The first-order valence-corrected chi connectivity index (χ1v) is 7.53. The number of hydrogen-bond donors (Lipinski definition) is 2. The second-order valence-electron chi connectivity index (χ2n) is 4.70. The van der Waals surface area contributed by atoms with Gasteiger partial charge in [0.1, 0.15) is 5.82 Å². The fourth-order valence-electron chi connectivity index (χ4n) is 1.91. The first kappa shape index (κ1) is 15.2. The third kappa shape index (κ3) is 3.46. The molecule has 0 radical (unpaired) electrons. The van der Waals surface area contributed by atoms with Gasteiger partial charge >= 0.3 is 0 Å². The van der Waals surface area contributed by atoms with Crippen LogP contribution in [0.25, 0.3) is 0 Å². The molecule has 0 heterocycles. The molecule has 2 rings (SSSR count). The number of rotatable bonds is 4. The predicted molar refractivity (Wildman–Crippen MR) is 80.6 cm³/mol. The van der Waals surface area contributed by atoms with Gasteiger partial charge in [0.15, 0.2) is 0 Å². The molecule has 110 valence electrons. The number of aryl methyl sites for hydroxylation is 1. The van der Waals surface area contributed by atoms with E-state index >= 15 is 0 Å². The fourth-order valence-corrected chi connectivity index (χ4v) is 3.13. The monoisotopic (exact) mass is 306 g/mol. The maximum atomic E-state index is 13.9. The minimum absolute atomic E-state index is 0.0157. The molecular weight excluding hydrogens is 291 g/mol. The molecule has 0 bridgehead atoms. The van der Waals surface area contributed by atoms with Crippen molar-refractivity contribution in [3.05, 3.63) is 58.9 Å². The lowest BCUT2D eigenvalue weighted by Gasteiger charge is -2.08. The molecule has 2 aromatic rings. The summed E-state index contributed by atoms with van der Waals surface area (Å²) in [6, 6.07) is 9.08. The first-order chi connectivity index (χ1) is 9.88. The van der Waals surface area contributed by atoms with E-state index in [1.807, 2.05) is 6.92 Å². The van der Waals surface area contributed by atoms with E-state index in [4.69, 9.17) is 11.5 Å². The maximum Gasteiger partial charge on any atom is 0.248 e. The Morgan fingerprint density at radius 2 is 1.95 bits per heavy atom. The normalized spacial score (nSPS) is 12.1. The summed E-state index contributed by atoms with van der Waals surface area (Å²) in [4.78, 5) is 11.4. The number of nitrogen functional groups attached to an aromatic ring is 1. The Labute approximate surface area is 124 Å². The van der Waals surface area contributed by atoms with Crippen LogP contribution in [0, 0.1) is 12.7 Å². The van der Waals surface area contributed by atoms with Crippen LogP contribution in [0.3, 0.4) is 0 Å². The number of anilines is 1. The zero-order valence-corrected chi connectivity index (χ0v) is 12.2. The SMILES string of the molecule is Cc1ccc(S(=O)Cc2ccc(C(N)=O)cc2F)c(N)c1. The Bertz CT molecular complexity index is 732. The molecule has 0 aromatic heterocycles. The highest BCUT2D eigenvalue weighted by Gasteiger charge is 2.13. The molecule has 1 unspecified atom stereocenters. The Morgan fingerprint density at radius 1 is 1.24 bits per heavy atom. The number of nitrogens with two attached hydrogens (primary N) is 2. The van der Waals surface area contributed by atoms with E-state index in [1.54, 1.807) is 18.2 Å². The van der Waals surface area contributed by atoms with Crippen molar-refractivity contribution < 1.29 is 13.4 Å². The molecule has 6 heteroatoms. The van der Waals surface area contributed by atoms with Gasteiger partial charge < -0.3 is 11.5 Å². The van der Waals surface area contributed by atoms with Crippen molar-refractivity contribution in [1.82, 2.24) is 0 Å². The summed E-state index contributed by atoms with van der Waals surface area (Å²) in [5, 5.41) is 0. The van der Waals surface area contributed by atoms with E-state index < -0.39 is 22.5 Å². The number of carbonyl (C=O) groups excluding carboxylic acids is 1. The molecule has 4 nitrogen and oxygen atoms in total. The number of amides is 1. The van der Waals surface area contributed by atoms with Crippen molar-refractivity contribution >= 4 is 22.4 Å². The van der Waals surface area contributed by atoms with Crippen LogP contribution >= 0.6 is 0 Å². The average Bonchev–Trinajstić information content (AvgIpc) is 2.40. The molecule has 0 aliphatic rings. The largest absolute Gasteiger partial charge is 0.398 e. The molecule has 0 aliphatic carbocycles. The van der Waals surface area contributed by atoms with Gasteiger partial charge in [-0.3, -0.25) is 9.00 Å². The van der Waals surface area contributed by atoms with Gasteiger partial charge in [-0.05, 0) is 36.8 Å². The molecule has 21 heavy (non-hydrogen) atoms. The summed E-state index contributed by atoms with van der Waals surface area (Å²) in [6.45, 7) is 1.88. The van der Waals surface area contributed by atoms with Crippen LogP contribution in [0.2, 0.25) is 0 Å². The van der Waals surface area contributed by atoms with E-state index in [-0.39, 0.29) is 16.9 Å². The van der Waals surface area contributed by atoms with Crippen molar-refractivity contribution in [2.75, 3.05) is 5.73 Å². The standard InChI is InChI=1S/C15H15FN2O2S/c1-9-2-5-14(13(17)6-9)21(20)8-11-4-3-10(15(18)19)7-12(11)16/h2-7H,8,17H2,1H3,(H2,18,19). The maximum absolute atomic E-state index is 13.9. The van der Waals surface area contributed by atoms with E-state index in [0.717, 1.165) is 11.6 Å². The van der Waals surface area contributed by atoms with Crippen LogP contribution in [-0.4, -0.2) is 10.1 Å². The summed E-state index contributed by atoms with van der Waals surface area (Å²) >= 11 is 0. The van der Waals surface area contributed by atoms with Crippen molar-refractivity contribution in [2.24, 2.45) is 5.73 Å². The lowest BCUT2D eigenvalue weighted by Crippen LogP contribution is -2.12. The summed E-state index contributed by atoms with van der Waals surface area (Å²) in [6.07, 6.45) is 0. The number of benzene rings is 2. The van der Waals surface area contributed by atoms with Gasteiger partial charge in [0.25, 0.3) is 0 Å². The van der Waals surface area contributed by atoms with E-state index in [0.29, 0.717) is 10.6 Å². The van der Waals surface area contributed by atoms with E-state index in [2.05, 4.69) is 0 Å². The highest BCUT2D eigenvalue weighted by Crippen LogP contribution is 2.22. The van der Waals surface area contributed by atoms with Crippen LogP contribution < -0.4 is 11.5 Å². The van der Waals surface area contributed by atoms with Crippen molar-refractivity contribution in [1.29, 1.82) is 0 Å². The Hall–Kier alpha value is -2.21. The Kier molecular flexibility index (Phi) is 4.37. The van der Waals surface area contributed by atoms with E-state index in [9.17, 15) is 13.4 Å². The summed E-state index contributed by atoms with van der Waals surface area (Å²) < 4.78 is 26.2. The topological polar surface area (TPSA) is 86.2 Å². The molecule has 0 spiro atoms. The minimum atomic E-state index is -1.46. The van der Waals surface area contributed by atoms with Crippen LogP contribution in [0.1, 0.15) is 21.5 Å². The van der Waals surface area contributed by atoms with Crippen molar-refractivity contribution in [3.8, 4) is 0 Å². The number of halogens is 1. The third-order valence-corrected chi connectivity index (χ3v) is 4.47. The van der Waals surface area contributed by atoms with Gasteiger partial charge in [-0.1, -0.05) is 12.1 Å². The summed E-state index contributed by atoms with van der Waals surface area (Å²) in [7, 11) is -1.46. The minimum Gasteiger partial charge on any atom is -0.398 e. The van der Waals surface area contributed by atoms with Crippen LogP contribution in [0.5, 0.6) is 0 Å². The van der Waals surface area contributed by atoms with Gasteiger partial charge in [-0.2, -0.15) is 0 Å². The van der Waals surface area contributed by atoms with E-state index in [1.165, 1.54) is 12.1 Å². The smallest absolute Gasteiger partial charge is 0.248 e. The number of carbonyl (C=O) groups is 1. The number of primary amides is 1. The first-order valence-electron chi connectivity index (χ1n) is 6.21. The van der Waals surface area contributed by atoms with Gasteiger partial charge in [0.05, 0.1) is 21.4 Å². The molecule has 0 saturated carbocycles. The molecular formula is C15H15FN2O2S. The van der Waals surface area contributed by atoms with Gasteiger partial charge in [-0.25, -0.2) is 4.39 Å². The molecule has 0 saturated heterocycles. The molecule has 1 amide bonds. The van der Waals surface area contributed by atoms with Gasteiger partial charge in [-0.15, -0.1) is 0 Å². The second kappa shape index (κ2) is 6.05. The predicted octanol–water partition coefficient (Wildman–Crippen LogP) is 2.12. The lowest BCUT2D eigenvalue weighted by molar-refractivity contribution is 0.1000. The Morgan fingerprint density at radius 3 is 2.52 bits per heavy atom. The molecule has 1 atom stereocenters. The van der Waals surface area contributed by atoms with Crippen molar-refractivity contribution in [2.45, 2.75) is 17.6 Å². The number of hydrogen-bond acceptors (Lipinski definition) is 3. The van der Waals surface area contributed by atoms with Gasteiger partial charge in [0.2, 0.25) is 5.91 Å². The molecule has 0 fully saturated rings. The molecule has 4 N–H and O–H groups in total. The van der Waals surface area contributed by atoms with Gasteiger partial charge in [0, 0.05) is 16.8 Å². The van der Waals surface area contributed by atoms with Crippen LogP contribution in [0.15, 0.2) is 41.3 Å². The second-order valence-corrected chi connectivity index (χ2v) is 6.12. The molecule has 0 aliphatic heterocycles. The molecule has 2 aromatic carbocycles. The highest BCUT2D eigenvalue weighted by molar-refractivity contribution is 7.84. The Balaban J connectivity index is 2.25. The third-order valence-electron chi connectivity index (χ3n) is 3.03. The van der Waals surface area contributed by atoms with Crippen LogP contribution in [0.4, 0.5) is 10.1 Å². The lowest BCUT2D eigenvalue weighted by atomic mass is 10.1. The summed E-state index contributed by atoms with van der Waals surface area (Å²) in [5.74, 6) is -1.33. The highest BCUT2D eigenvalue weighted by atomic mass is 32.2. The zero-order chi connectivity index (χ0) is 15.6. The van der Waals surface area contributed by atoms with Crippen molar-refractivity contribution in [3.63, 3.8) is 0 Å². The van der Waals surface area contributed by atoms with Crippen LogP contribution in [-0.2, 0) is 16.6 Å². The average molecular weight is 306 g/mol.